The largest absolute Gasteiger partial charge is 0.418 e. The molecule has 4 aromatic rings. The smallest absolute Gasteiger partial charge is 0.250 e. The lowest BCUT2D eigenvalue weighted by Gasteiger charge is -2.17. The first-order chi connectivity index (χ1) is 13.2. The minimum absolute atomic E-state index is 0.141. The molecule has 0 spiro atoms. The van der Waals surface area contributed by atoms with Crippen LogP contribution in [0.2, 0.25) is 5.02 Å². The summed E-state index contributed by atoms with van der Waals surface area (Å²) < 4.78 is 19.8. The predicted molar refractivity (Wildman–Crippen MR) is 103 cm³/mol. The summed E-state index contributed by atoms with van der Waals surface area (Å²) in [5.74, 6) is 0.0750. The molecule has 0 saturated carbocycles. The lowest BCUT2D eigenvalue weighted by atomic mass is 10.1. The van der Waals surface area contributed by atoms with E-state index < -0.39 is 5.82 Å². The molecule has 27 heavy (non-hydrogen) atoms. The molecule has 1 heterocycles. The summed E-state index contributed by atoms with van der Waals surface area (Å²) in [6.45, 7) is 0. The van der Waals surface area contributed by atoms with E-state index in [-0.39, 0.29) is 17.5 Å². The average Bonchev–Trinajstić information content (AvgIpc) is 3.18. The van der Waals surface area contributed by atoms with E-state index in [1.165, 1.54) is 6.07 Å². The second-order valence-electron chi connectivity index (χ2n) is 5.92. The van der Waals surface area contributed by atoms with Crippen LogP contribution in [0.3, 0.4) is 0 Å². The maximum atomic E-state index is 14.0. The fourth-order valence-corrected chi connectivity index (χ4v) is 2.87. The van der Waals surface area contributed by atoms with Crippen molar-refractivity contribution in [2.24, 2.45) is 0 Å². The molecule has 0 bridgehead atoms. The van der Waals surface area contributed by atoms with Crippen molar-refractivity contribution in [1.29, 1.82) is 0 Å². The van der Waals surface area contributed by atoms with Crippen LogP contribution in [0.1, 0.15) is 17.5 Å². The number of aromatic nitrogens is 2. The Hall–Kier alpha value is -3.18. The maximum Gasteiger partial charge on any atom is 0.250 e. The molecule has 0 amide bonds. The normalized spacial score (nSPS) is 11.9. The van der Waals surface area contributed by atoms with Gasteiger partial charge >= 0.3 is 0 Å². The number of nitrogens with one attached hydrogen (secondary N) is 1. The van der Waals surface area contributed by atoms with Crippen LogP contribution in [-0.2, 0) is 0 Å². The van der Waals surface area contributed by atoms with Gasteiger partial charge in [0.25, 0.3) is 5.89 Å². The molecule has 0 radical (unpaired) electrons. The van der Waals surface area contributed by atoms with Crippen molar-refractivity contribution in [3.05, 3.63) is 101 Å². The summed E-state index contributed by atoms with van der Waals surface area (Å²) in [5.41, 5.74) is 2.06. The molecule has 1 aromatic heterocycles. The van der Waals surface area contributed by atoms with Gasteiger partial charge in [-0.3, -0.25) is 0 Å². The molecular formula is C21H15ClFN3O. The maximum absolute atomic E-state index is 14.0. The van der Waals surface area contributed by atoms with Crippen LogP contribution >= 0.6 is 11.6 Å². The van der Waals surface area contributed by atoms with Crippen LogP contribution in [0.5, 0.6) is 0 Å². The van der Waals surface area contributed by atoms with E-state index in [1.807, 2.05) is 42.5 Å². The third-order valence-electron chi connectivity index (χ3n) is 4.08. The minimum atomic E-state index is -0.408. The minimum Gasteiger partial charge on any atom is -0.418 e. The van der Waals surface area contributed by atoms with Crippen LogP contribution in [0, 0.1) is 5.82 Å². The zero-order valence-electron chi connectivity index (χ0n) is 14.1. The molecule has 0 unspecified atom stereocenters. The summed E-state index contributed by atoms with van der Waals surface area (Å²) in [4.78, 5) is 0. The van der Waals surface area contributed by atoms with Gasteiger partial charge in [-0.15, -0.1) is 10.2 Å². The number of hydrogen-bond donors (Lipinski definition) is 1. The fourth-order valence-electron chi connectivity index (χ4n) is 2.74. The first kappa shape index (κ1) is 17.2. The molecule has 1 N–H and O–H groups in total. The summed E-state index contributed by atoms with van der Waals surface area (Å²) in [6.07, 6.45) is 0. The van der Waals surface area contributed by atoms with Crippen LogP contribution in [0.4, 0.5) is 10.1 Å². The lowest BCUT2D eigenvalue weighted by molar-refractivity contribution is 0.490. The SMILES string of the molecule is Fc1ccccc1-c1nnc([C@H](Nc2ccc(Cl)cc2)c2ccccc2)o1. The van der Waals surface area contributed by atoms with Gasteiger partial charge in [0.05, 0.1) is 5.56 Å². The van der Waals surface area contributed by atoms with E-state index in [0.717, 1.165) is 11.3 Å². The third kappa shape index (κ3) is 3.83. The van der Waals surface area contributed by atoms with Crippen molar-refractivity contribution in [2.45, 2.75) is 6.04 Å². The van der Waals surface area contributed by atoms with Crippen LogP contribution in [0.25, 0.3) is 11.5 Å². The van der Waals surface area contributed by atoms with Crippen LogP contribution < -0.4 is 5.32 Å². The number of benzene rings is 3. The van der Waals surface area contributed by atoms with Gasteiger partial charge in [0.1, 0.15) is 11.9 Å². The Labute approximate surface area is 160 Å². The molecular weight excluding hydrogens is 365 g/mol. The number of anilines is 1. The summed E-state index contributed by atoms with van der Waals surface area (Å²) in [5, 5.41) is 12.2. The zero-order chi connectivity index (χ0) is 18.6. The summed E-state index contributed by atoms with van der Waals surface area (Å²) in [6, 6.07) is 23.0. The van der Waals surface area contributed by atoms with Gasteiger partial charge in [-0.1, -0.05) is 54.1 Å². The Morgan fingerprint density at radius 3 is 2.30 bits per heavy atom. The van der Waals surface area contributed by atoms with Gasteiger partial charge in [-0.25, -0.2) is 4.39 Å². The molecule has 1 atom stereocenters. The lowest BCUT2D eigenvalue weighted by Crippen LogP contribution is -2.12. The van der Waals surface area contributed by atoms with Crippen molar-refractivity contribution < 1.29 is 8.81 Å². The second kappa shape index (κ2) is 7.60. The highest BCUT2D eigenvalue weighted by molar-refractivity contribution is 6.30. The van der Waals surface area contributed by atoms with E-state index >= 15 is 0 Å². The molecule has 0 aliphatic heterocycles. The first-order valence-electron chi connectivity index (χ1n) is 8.36. The Bertz CT molecular complexity index is 1030. The highest BCUT2D eigenvalue weighted by Crippen LogP contribution is 2.29. The molecule has 0 saturated heterocycles. The number of halogens is 2. The second-order valence-corrected chi connectivity index (χ2v) is 6.36. The Morgan fingerprint density at radius 1 is 0.852 bits per heavy atom. The summed E-state index contributed by atoms with van der Waals surface area (Å²) >= 11 is 5.96. The molecule has 0 fully saturated rings. The quantitative estimate of drug-likeness (QED) is 0.481. The average molecular weight is 380 g/mol. The van der Waals surface area contributed by atoms with Gasteiger partial charge in [0, 0.05) is 10.7 Å². The van der Waals surface area contributed by atoms with Gasteiger partial charge in [0.2, 0.25) is 5.89 Å². The molecule has 4 nitrogen and oxygen atoms in total. The van der Waals surface area contributed by atoms with E-state index in [0.29, 0.717) is 10.9 Å². The summed E-state index contributed by atoms with van der Waals surface area (Å²) in [7, 11) is 0. The van der Waals surface area contributed by atoms with Crippen molar-refractivity contribution in [3.63, 3.8) is 0 Å². The molecule has 0 aliphatic rings. The Balaban J connectivity index is 1.71. The first-order valence-corrected chi connectivity index (χ1v) is 8.74. The molecule has 3 aromatic carbocycles. The van der Waals surface area contributed by atoms with Crippen molar-refractivity contribution in [3.8, 4) is 11.5 Å². The molecule has 0 aliphatic carbocycles. The number of hydrogen-bond acceptors (Lipinski definition) is 4. The van der Waals surface area contributed by atoms with E-state index in [2.05, 4.69) is 15.5 Å². The molecule has 6 heteroatoms. The van der Waals surface area contributed by atoms with Crippen molar-refractivity contribution >= 4 is 17.3 Å². The van der Waals surface area contributed by atoms with Gasteiger partial charge in [-0.2, -0.15) is 0 Å². The fraction of sp³-hybridized carbons (Fsp3) is 0.0476. The molecule has 4 rings (SSSR count). The predicted octanol–water partition coefficient (Wildman–Crippen LogP) is 5.73. The van der Waals surface area contributed by atoms with Crippen LogP contribution in [0.15, 0.2) is 83.3 Å². The Morgan fingerprint density at radius 2 is 1.56 bits per heavy atom. The standard InChI is InChI=1S/C21H15ClFN3O/c22-15-10-12-16(13-11-15)24-19(14-6-2-1-3-7-14)21-26-25-20(27-21)17-8-4-5-9-18(17)23/h1-13,19,24H/t19-/m1/s1. The van der Waals surface area contributed by atoms with Gasteiger partial charge in [-0.05, 0) is 42.0 Å². The number of rotatable bonds is 5. The van der Waals surface area contributed by atoms with Crippen molar-refractivity contribution in [2.75, 3.05) is 5.32 Å². The van der Waals surface area contributed by atoms with Crippen LogP contribution in [-0.4, -0.2) is 10.2 Å². The van der Waals surface area contributed by atoms with Gasteiger partial charge < -0.3 is 9.73 Å². The Kier molecular flexibility index (Phi) is 4.85. The third-order valence-corrected chi connectivity index (χ3v) is 4.33. The highest BCUT2D eigenvalue weighted by atomic mass is 35.5. The molecule has 134 valence electrons. The zero-order valence-corrected chi connectivity index (χ0v) is 14.9. The monoisotopic (exact) mass is 379 g/mol. The van der Waals surface area contributed by atoms with E-state index in [4.69, 9.17) is 16.0 Å². The van der Waals surface area contributed by atoms with Gasteiger partial charge in [0.15, 0.2) is 0 Å². The van der Waals surface area contributed by atoms with Crippen molar-refractivity contribution in [1.82, 2.24) is 10.2 Å². The number of nitrogens with zero attached hydrogens (tertiary/aromatic N) is 2. The topological polar surface area (TPSA) is 51.0 Å². The van der Waals surface area contributed by atoms with E-state index in [1.54, 1.807) is 30.3 Å². The van der Waals surface area contributed by atoms with E-state index in [9.17, 15) is 4.39 Å². The highest BCUT2D eigenvalue weighted by Gasteiger charge is 2.22.